The van der Waals surface area contributed by atoms with Gasteiger partial charge in [-0.1, -0.05) is 24.3 Å². The van der Waals surface area contributed by atoms with E-state index in [1.54, 1.807) is 35.0 Å². The number of anilines is 3. The minimum absolute atomic E-state index is 0.169. The lowest BCUT2D eigenvalue weighted by Gasteiger charge is -2.33. The van der Waals surface area contributed by atoms with Crippen LogP contribution in [0.3, 0.4) is 0 Å². The van der Waals surface area contributed by atoms with E-state index in [1.807, 2.05) is 58.3 Å². The second kappa shape index (κ2) is 12.9. The number of ether oxygens (including phenoxy) is 4. The normalized spacial score (nSPS) is 13.5. The van der Waals surface area contributed by atoms with Gasteiger partial charge in [-0.25, -0.2) is 14.2 Å². The van der Waals surface area contributed by atoms with Gasteiger partial charge >= 0.3 is 6.09 Å². The Balaban J connectivity index is 1.73. The molecule has 2 aromatic carbocycles. The van der Waals surface area contributed by atoms with Gasteiger partial charge in [0, 0.05) is 26.2 Å². The van der Waals surface area contributed by atoms with Gasteiger partial charge in [-0.05, 0) is 56.2 Å². The minimum atomic E-state index is -0.706. The number of halogens is 1. The van der Waals surface area contributed by atoms with Gasteiger partial charge < -0.3 is 28.7 Å². The van der Waals surface area contributed by atoms with Crippen molar-refractivity contribution in [3.8, 4) is 11.5 Å². The molecule has 0 atom stereocenters. The number of aromatic nitrogens is 1. The van der Waals surface area contributed by atoms with E-state index >= 15 is 4.39 Å². The number of pyridine rings is 1. The molecule has 4 rings (SSSR count). The number of benzene rings is 2. The highest BCUT2D eigenvalue weighted by Crippen LogP contribution is 2.36. The second-order valence-corrected chi connectivity index (χ2v) is 10.4. The van der Waals surface area contributed by atoms with Gasteiger partial charge in [0.15, 0.2) is 11.6 Å². The Labute approximate surface area is 234 Å². The van der Waals surface area contributed by atoms with Crippen molar-refractivity contribution in [1.29, 1.82) is 0 Å². The molecular formula is C30H37FN4O5. The van der Waals surface area contributed by atoms with Crippen LogP contribution in [0.1, 0.15) is 31.9 Å². The third-order valence-corrected chi connectivity index (χ3v) is 6.30. The van der Waals surface area contributed by atoms with Crippen LogP contribution in [0.4, 0.5) is 26.4 Å². The Hall–Kier alpha value is -4.05. The summed E-state index contributed by atoms with van der Waals surface area (Å²) < 4.78 is 38.1. The van der Waals surface area contributed by atoms with Gasteiger partial charge in [0.25, 0.3) is 0 Å². The van der Waals surface area contributed by atoms with Crippen molar-refractivity contribution in [2.75, 3.05) is 55.6 Å². The second-order valence-electron chi connectivity index (χ2n) is 10.4. The summed E-state index contributed by atoms with van der Waals surface area (Å²) >= 11 is 0. The molecule has 40 heavy (non-hydrogen) atoms. The molecule has 10 heteroatoms. The van der Waals surface area contributed by atoms with Crippen LogP contribution in [0.2, 0.25) is 0 Å². The third-order valence-electron chi connectivity index (χ3n) is 6.30. The quantitative estimate of drug-likeness (QED) is 0.366. The summed E-state index contributed by atoms with van der Waals surface area (Å²) in [4.78, 5) is 20.9. The van der Waals surface area contributed by atoms with Crippen molar-refractivity contribution in [3.63, 3.8) is 0 Å². The number of carbonyl (C=O) groups excluding carboxylic acids is 1. The number of nitrogens with one attached hydrogen (secondary N) is 1. The van der Waals surface area contributed by atoms with E-state index in [0.717, 1.165) is 22.6 Å². The first kappa shape index (κ1) is 28.9. The number of hydrogen-bond donors (Lipinski definition) is 1. The lowest BCUT2D eigenvalue weighted by molar-refractivity contribution is 0.0636. The SMILES string of the molecule is COc1ccc(CN(Cc2ccc(OC)cc2)c2ncc(NC(=O)OC(C)(C)C)c(N3CCOCC3)c2F)cc1. The van der Waals surface area contributed by atoms with Crippen LogP contribution in [-0.2, 0) is 22.6 Å². The Kier molecular flexibility index (Phi) is 9.31. The Morgan fingerprint density at radius 1 is 0.975 bits per heavy atom. The van der Waals surface area contributed by atoms with Crippen molar-refractivity contribution in [1.82, 2.24) is 4.98 Å². The Bertz CT molecular complexity index is 1220. The van der Waals surface area contributed by atoms with Gasteiger partial charge in [0.1, 0.15) is 22.8 Å². The first-order chi connectivity index (χ1) is 19.2. The number of morpholine rings is 1. The highest BCUT2D eigenvalue weighted by molar-refractivity contribution is 5.90. The first-order valence-electron chi connectivity index (χ1n) is 13.2. The van der Waals surface area contributed by atoms with Crippen LogP contribution in [0.5, 0.6) is 11.5 Å². The van der Waals surface area contributed by atoms with Gasteiger partial charge in [0.2, 0.25) is 0 Å². The van der Waals surface area contributed by atoms with E-state index in [-0.39, 0.29) is 17.2 Å². The van der Waals surface area contributed by atoms with E-state index in [0.29, 0.717) is 39.4 Å². The van der Waals surface area contributed by atoms with Crippen molar-refractivity contribution in [3.05, 3.63) is 71.7 Å². The van der Waals surface area contributed by atoms with E-state index in [2.05, 4.69) is 10.3 Å². The number of carbonyl (C=O) groups is 1. The average molecular weight is 553 g/mol. The number of rotatable bonds is 9. The predicted molar refractivity (Wildman–Crippen MR) is 153 cm³/mol. The fourth-order valence-corrected chi connectivity index (χ4v) is 4.40. The monoisotopic (exact) mass is 552 g/mol. The molecule has 1 aliphatic rings. The third kappa shape index (κ3) is 7.53. The lowest BCUT2D eigenvalue weighted by Crippen LogP contribution is -2.38. The van der Waals surface area contributed by atoms with Crippen molar-refractivity contribution >= 4 is 23.3 Å². The first-order valence-corrected chi connectivity index (χ1v) is 13.2. The molecule has 0 saturated carbocycles. The number of nitrogens with zero attached hydrogens (tertiary/aromatic N) is 3. The number of hydrogen-bond acceptors (Lipinski definition) is 8. The average Bonchev–Trinajstić information content (AvgIpc) is 2.93. The summed E-state index contributed by atoms with van der Waals surface area (Å²) in [6.07, 6.45) is 0.812. The van der Waals surface area contributed by atoms with Crippen LogP contribution >= 0.6 is 0 Å². The summed E-state index contributed by atoms with van der Waals surface area (Å²) in [5.41, 5.74) is 1.71. The number of methoxy groups -OCH3 is 2. The van der Waals surface area contributed by atoms with Gasteiger partial charge in [0.05, 0.1) is 39.3 Å². The zero-order chi connectivity index (χ0) is 28.7. The zero-order valence-electron chi connectivity index (χ0n) is 23.7. The maximum absolute atomic E-state index is 16.6. The van der Waals surface area contributed by atoms with E-state index in [1.165, 1.54) is 6.20 Å². The minimum Gasteiger partial charge on any atom is -0.497 e. The Morgan fingerprint density at radius 2 is 1.50 bits per heavy atom. The van der Waals surface area contributed by atoms with Crippen molar-refractivity contribution < 1.29 is 28.1 Å². The summed E-state index contributed by atoms with van der Waals surface area (Å²) in [5, 5.41) is 2.70. The molecule has 1 saturated heterocycles. The van der Waals surface area contributed by atoms with Crippen LogP contribution < -0.4 is 24.6 Å². The maximum Gasteiger partial charge on any atom is 0.412 e. The number of amides is 1. The van der Waals surface area contributed by atoms with Crippen LogP contribution in [-0.4, -0.2) is 57.2 Å². The summed E-state index contributed by atoms with van der Waals surface area (Å²) in [5.74, 6) is 1.12. The molecule has 0 spiro atoms. The molecule has 214 valence electrons. The summed E-state index contributed by atoms with van der Waals surface area (Å²) in [7, 11) is 3.23. The molecule has 1 aliphatic heterocycles. The van der Waals surface area contributed by atoms with Gasteiger partial charge in [-0.3, -0.25) is 5.32 Å². The molecule has 3 aromatic rings. The molecule has 1 aromatic heterocycles. The van der Waals surface area contributed by atoms with Gasteiger partial charge in [-0.15, -0.1) is 0 Å². The molecule has 0 unspecified atom stereocenters. The van der Waals surface area contributed by atoms with E-state index in [4.69, 9.17) is 18.9 Å². The van der Waals surface area contributed by atoms with E-state index in [9.17, 15) is 4.79 Å². The summed E-state index contributed by atoms with van der Waals surface area (Å²) in [6.45, 7) is 7.94. The molecule has 1 amide bonds. The molecular weight excluding hydrogens is 515 g/mol. The molecule has 1 fully saturated rings. The predicted octanol–water partition coefficient (Wildman–Crippen LogP) is 5.63. The Morgan fingerprint density at radius 3 is 1.98 bits per heavy atom. The van der Waals surface area contributed by atoms with Gasteiger partial charge in [-0.2, -0.15) is 0 Å². The maximum atomic E-state index is 16.6. The fourth-order valence-electron chi connectivity index (χ4n) is 4.40. The molecule has 0 bridgehead atoms. The van der Waals surface area contributed by atoms with Crippen LogP contribution in [0.25, 0.3) is 0 Å². The zero-order valence-corrected chi connectivity index (χ0v) is 23.7. The highest BCUT2D eigenvalue weighted by atomic mass is 19.1. The van der Waals surface area contributed by atoms with E-state index < -0.39 is 17.5 Å². The summed E-state index contributed by atoms with van der Waals surface area (Å²) in [6, 6.07) is 15.3. The van der Waals surface area contributed by atoms with Crippen LogP contribution in [0, 0.1) is 5.82 Å². The van der Waals surface area contributed by atoms with Crippen LogP contribution in [0.15, 0.2) is 54.7 Å². The molecule has 1 N–H and O–H groups in total. The lowest BCUT2D eigenvalue weighted by atomic mass is 10.1. The largest absolute Gasteiger partial charge is 0.497 e. The van der Waals surface area contributed by atoms with Crippen molar-refractivity contribution in [2.24, 2.45) is 0 Å². The molecule has 9 nitrogen and oxygen atoms in total. The van der Waals surface area contributed by atoms with Crippen molar-refractivity contribution in [2.45, 2.75) is 39.5 Å². The smallest absolute Gasteiger partial charge is 0.412 e. The topological polar surface area (TPSA) is 85.4 Å². The standard InChI is InChI=1S/C30H37FN4O5/c1-30(2,3)40-29(36)33-25-18-32-28(26(31)27(25)34-14-16-39-17-15-34)35(19-21-6-10-23(37-4)11-7-21)20-22-8-12-24(38-5)13-9-22/h6-13,18H,14-17,19-20H2,1-5H3,(H,33,36). The molecule has 2 heterocycles. The fraction of sp³-hybridized carbons (Fsp3) is 0.400. The molecule has 0 radical (unpaired) electrons. The molecule has 0 aliphatic carbocycles. The highest BCUT2D eigenvalue weighted by Gasteiger charge is 2.27.